The fourth-order valence-electron chi connectivity index (χ4n) is 2.37. The summed E-state index contributed by atoms with van der Waals surface area (Å²) in [7, 11) is 3.11. The Hall–Kier alpha value is -3.06. The molecule has 8 heteroatoms. The molecule has 0 aromatic heterocycles. The van der Waals surface area contributed by atoms with Gasteiger partial charge in [0, 0.05) is 16.7 Å². The number of nitrogens with zero attached hydrogens (tertiary/aromatic N) is 1. The van der Waals surface area contributed by atoms with E-state index in [1.165, 1.54) is 0 Å². The van der Waals surface area contributed by atoms with Gasteiger partial charge < -0.3 is 14.8 Å². The van der Waals surface area contributed by atoms with Crippen LogP contribution >= 0.6 is 11.6 Å². The second kappa shape index (κ2) is 10.3. The molecule has 0 aliphatic rings. The molecular weight excluding hydrogens is 382 g/mol. The first-order valence-corrected chi connectivity index (χ1v) is 8.87. The van der Waals surface area contributed by atoms with Gasteiger partial charge in [-0.05, 0) is 36.8 Å². The number of carbonyl (C=O) groups excluding carboxylic acids is 2. The maximum atomic E-state index is 11.9. The van der Waals surface area contributed by atoms with Gasteiger partial charge in [-0.3, -0.25) is 9.59 Å². The van der Waals surface area contributed by atoms with Crippen LogP contribution < -0.4 is 20.2 Å². The standard InChI is InChI=1S/C20H22ClN3O4/c1-13(17-9-8-16(27-2)11-18(17)28-3)23-24-20(26)12-22-19(25)10-14-4-6-15(21)7-5-14/h4-9,11H,10,12H2,1-3H3,(H,22,25)(H,24,26). The van der Waals surface area contributed by atoms with Crippen molar-refractivity contribution in [1.82, 2.24) is 10.7 Å². The molecule has 2 aromatic carbocycles. The monoisotopic (exact) mass is 403 g/mol. The number of methoxy groups -OCH3 is 2. The van der Waals surface area contributed by atoms with Crippen LogP contribution in [0.5, 0.6) is 11.5 Å². The fourth-order valence-corrected chi connectivity index (χ4v) is 2.50. The van der Waals surface area contributed by atoms with Crippen LogP contribution in [0.15, 0.2) is 47.6 Å². The van der Waals surface area contributed by atoms with Gasteiger partial charge in [0.1, 0.15) is 11.5 Å². The summed E-state index contributed by atoms with van der Waals surface area (Å²) in [4.78, 5) is 23.9. The van der Waals surface area contributed by atoms with E-state index in [1.54, 1.807) is 63.6 Å². The first-order chi connectivity index (χ1) is 13.4. The van der Waals surface area contributed by atoms with Gasteiger partial charge in [0.15, 0.2) is 0 Å². The Labute approximate surface area is 168 Å². The van der Waals surface area contributed by atoms with Crippen LogP contribution in [0.3, 0.4) is 0 Å². The predicted molar refractivity (Wildman–Crippen MR) is 108 cm³/mol. The largest absolute Gasteiger partial charge is 0.497 e. The number of amides is 2. The predicted octanol–water partition coefficient (Wildman–Crippen LogP) is 2.56. The van der Waals surface area contributed by atoms with Crippen molar-refractivity contribution in [1.29, 1.82) is 0 Å². The van der Waals surface area contributed by atoms with Gasteiger partial charge >= 0.3 is 0 Å². The van der Waals surface area contributed by atoms with Gasteiger partial charge in [0.25, 0.3) is 5.91 Å². The lowest BCUT2D eigenvalue weighted by Gasteiger charge is -2.10. The minimum absolute atomic E-state index is 0.162. The zero-order chi connectivity index (χ0) is 20.5. The zero-order valence-electron chi connectivity index (χ0n) is 15.9. The van der Waals surface area contributed by atoms with Gasteiger partial charge in [0.2, 0.25) is 5.91 Å². The molecule has 0 saturated heterocycles. The maximum absolute atomic E-state index is 11.9. The molecule has 2 rings (SSSR count). The number of hydrogen-bond donors (Lipinski definition) is 2. The Morgan fingerprint density at radius 1 is 1.04 bits per heavy atom. The van der Waals surface area contributed by atoms with Crippen molar-refractivity contribution < 1.29 is 19.1 Å². The molecule has 2 N–H and O–H groups in total. The van der Waals surface area contributed by atoms with E-state index in [9.17, 15) is 9.59 Å². The third-order valence-electron chi connectivity index (χ3n) is 3.87. The summed E-state index contributed by atoms with van der Waals surface area (Å²) in [6, 6.07) is 12.2. The molecule has 0 heterocycles. The van der Waals surface area contributed by atoms with E-state index in [0.29, 0.717) is 22.2 Å². The van der Waals surface area contributed by atoms with Crippen molar-refractivity contribution in [3.05, 3.63) is 58.6 Å². The van der Waals surface area contributed by atoms with Crippen molar-refractivity contribution in [3.63, 3.8) is 0 Å². The normalized spacial score (nSPS) is 10.9. The maximum Gasteiger partial charge on any atom is 0.259 e. The number of hydrogen-bond acceptors (Lipinski definition) is 5. The van der Waals surface area contributed by atoms with Crippen LogP contribution in [-0.2, 0) is 16.0 Å². The molecule has 0 fully saturated rings. The molecule has 0 spiro atoms. The van der Waals surface area contributed by atoms with Crippen LogP contribution in [0.25, 0.3) is 0 Å². The third-order valence-corrected chi connectivity index (χ3v) is 4.12. The minimum Gasteiger partial charge on any atom is -0.497 e. The first-order valence-electron chi connectivity index (χ1n) is 8.49. The lowest BCUT2D eigenvalue weighted by Crippen LogP contribution is -2.36. The van der Waals surface area contributed by atoms with E-state index in [2.05, 4.69) is 15.8 Å². The van der Waals surface area contributed by atoms with E-state index in [1.807, 2.05) is 0 Å². The zero-order valence-corrected chi connectivity index (χ0v) is 16.7. The first kappa shape index (κ1) is 21.2. The molecule has 28 heavy (non-hydrogen) atoms. The van der Waals surface area contributed by atoms with Crippen molar-refractivity contribution in [2.75, 3.05) is 20.8 Å². The van der Waals surface area contributed by atoms with Gasteiger partial charge in [-0.25, -0.2) is 5.43 Å². The lowest BCUT2D eigenvalue weighted by molar-refractivity contribution is -0.125. The molecule has 7 nitrogen and oxygen atoms in total. The van der Waals surface area contributed by atoms with Crippen molar-refractivity contribution in [3.8, 4) is 11.5 Å². The Morgan fingerprint density at radius 2 is 1.75 bits per heavy atom. The molecule has 0 aliphatic heterocycles. The number of halogens is 1. The Kier molecular flexibility index (Phi) is 7.83. The summed E-state index contributed by atoms with van der Waals surface area (Å²) in [5.41, 5.74) is 4.50. The number of ether oxygens (including phenoxy) is 2. The van der Waals surface area contributed by atoms with Crippen molar-refractivity contribution in [2.24, 2.45) is 5.10 Å². The highest BCUT2D eigenvalue weighted by Gasteiger charge is 2.10. The van der Waals surface area contributed by atoms with Crippen LogP contribution in [0.4, 0.5) is 0 Å². The van der Waals surface area contributed by atoms with E-state index in [0.717, 1.165) is 11.1 Å². The molecule has 0 atom stereocenters. The molecule has 0 saturated carbocycles. The summed E-state index contributed by atoms with van der Waals surface area (Å²) >= 11 is 5.81. The average Bonchev–Trinajstić information content (AvgIpc) is 2.71. The van der Waals surface area contributed by atoms with Gasteiger partial charge in [-0.2, -0.15) is 5.10 Å². The molecule has 148 valence electrons. The minimum atomic E-state index is -0.434. The lowest BCUT2D eigenvalue weighted by atomic mass is 10.1. The average molecular weight is 404 g/mol. The topological polar surface area (TPSA) is 89.0 Å². The fraction of sp³-hybridized carbons (Fsp3) is 0.250. The summed E-state index contributed by atoms with van der Waals surface area (Å²) in [5, 5.41) is 7.21. The second-order valence-electron chi connectivity index (χ2n) is 5.88. The molecular formula is C20H22ClN3O4. The molecule has 0 bridgehead atoms. The van der Waals surface area contributed by atoms with Crippen LogP contribution in [0.2, 0.25) is 5.02 Å². The number of hydrazone groups is 1. The SMILES string of the molecule is COc1ccc(C(C)=NNC(=O)CNC(=O)Cc2ccc(Cl)cc2)c(OC)c1. The van der Waals surface area contributed by atoms with Crippen molar-refractivity contribution in [2.45, 2.75) is 13.3 Å². The quantitative estimate of drug-likeness (QED) is 0.523. The Bertz CT molecular complexity index is 866. The molecule has 2 aromatic rings. The van der Waals surface area contributed by atoms with Crippen molar-refractivity contribution >= 4 is 29.1 Å². The second-order valence-corrected chi connectivity index (χ2v) is 6.31. The van der Waals surface area contributed by atoms with Crippen LogP contribution in [0.1, 0.15) is 18.1 Å². The van der Waals surface area contributed by atoms with Gasteiger partial charge in [0.05, 0.1) is 32.9 Å². The highest BCUT2D eigenvalue weighted by molar-refractivity contribution is 6.30. The number of benzene rings is 2. The van der Waals surface area contributed by atoms with E-state index in [-0.39, 0.29) is 18.9 Å². The third kappa shape index (κ3) is 6.28. The summed E-state index contributed by atoms with van der Waals surface area (Å²) < 4.78 is 10.5. The Balaban J connectivity index is 1.87. The van der Waals surface area contributed by atoms with E-state index >= 15 is 0 Å². The molecule has 0 aliphatic carbocycles. The summed E-state index contributed by atoms with van der Waals surface area (Å²) in [5.74, 6) is 0.526. The summed E-state index contributed by atoms with van der Waals surface area (Å²) in [6.45, 7) is 1.56. The number of nitrogens with one attached hydrogen (secondary N) is 2. The Morgan fingerprint density at radius 3 is 2.39 bits per heavy atom. The highest BCUT2D eigenvalue weighted by Crippen LogP contribution is 2.25. The number of rotatable bonds is 8. The van der Waals surface area contributed by atoms with Gasteiger partial charge in [-0.15, -0.1) is 0 Å². The molecule has 2 amide bonds. The van der Waals surface area contributed by atoms with Gasteiger partial charge in [-0.1, -0.05) is 23.7 Å². The van der Waals surface area contributed by atoms with Crippen LogP contribution in [0, 0.1) is 0 Å². The van der Waals surface area contributed by atoms with E-state index < -0.39 is 5.91 Å². The van der Waals surface area contributed by atoms with E-state index in [4.69, 9.17) is 21.1 Å². The summed E-state index contributed by atoms with van der Waals surface area (Å²) in [6.07, 6.45) is 0.162. The molecule has 0 radical (unpaired) electrons. The van der Waals surface area contributed by atoms with Crippen LogP contribution in [-0.4, -0.2) is 38.3 Å². The highest BCUT2D eigenvalue weighted by atomic mass is 35.5. The smallest absolute Gasteiger partial charge is 0.259 e. The molecule has 0 unspecified atom stereocenters. The number of carbonyl (C=O) groups is 2.